The van der Waals surface area contributed by atoms with E-state index in [2.05, 4.69) is 23.3 Å². The SMILES string of the molecule is Cn1c(N2CC(c3ccccc3)C(c3ccc(Cl)cc3)=N2)nn(Cc2cccc(C#N)c2)c1=O. The van der Waals surface area contributed by atoms with Gasteiger partial charge >= 0.3 is 5.69 Å². The van der Waals surface area contributed by atoms with Crippen molar-refractivity contribution in [3.05, 3.63) is 117 Å². The molecule has 2 heterocycles. The molecule has 0 saturated carbocycles. The summed E-state index contributed by atoms with van der Waals surface area (Å²) in [5, 5.41) is 21.1. The molecule has 3 aromatic carbocycles. The van der Waals surface area contributed by atoms with Crippen molar-refractivity contribution in [2.45, 2.75) is 12.5 Å². The first-order valence-electron chi connectivity index (χ1n) is 10.8. The van der Waals surface area contributed by atoms with E-state index in [0.717, 1.165) is 22.4 Å². The van der Waals surface area contributed by atoms with Gasteiger partial charge in [0.25, 0.3) is 0 Å². The minimum absolute atomic E-state index is 0.00920. The van der Waals surface area contributed by atoms with Crippen LogP contribution in [-0.2, 0) is 13.6 Å². The Morgan fingerprint density at radius 1 is 1.06 bits per heavy atom. The van der Waals surface area contributed by atoms with Gasteiger partial charge in [0.15, 0.2) is 0 Å². The Morgan fingerprint density at radius 2 is 1.82 bits per heavy atom. The summed E-state index contributed by atoms with van der Waals surface area (Å²) in [7, 11) is 1.69. The van der Waals surface area contributed by atoms with Crippen molar-refractivity contribution in [2.75, 3.05) is 11.6 Å². The monoisotopic (exact) mass is 468 g/mol. The molecule has 0 aliphatic carbocycles. The van der Waals surface area contributed by atoms with E-state index in [0.29, 0.717) is 23.1 Å². The Labute approximate surface area is 201 Å². The van der Waals surface area contributed by atoms with Gasteiger partial charge in [-0.25, -0.2) is 14.5 Å². The lowest BCUT2D eigenvalue weighted by Gasteiger charge is -2.15. The third-order valence-electron chi connectivity index (χ3n) is 5.89. The van der Waals surface area contributed by atoms with Gasteiger partial charge in [0.2, 0.25) is 5.95 Å². The predicted octanol–water partition coefficient (Wildman–Crippen LogP) is 4.16. The molecule has 0 bridgehead atoms. The molecule has 7 nitrogen and oxygen atoms in total. The standard InChI is InChI=1S/C26H21ClN6O/c1-31-25(30-33(26(31)34)16-19-7-5-6-18(14-19)15-28)32-17-23(20-8-3-2-4-9-20)24(29-32)21-10-12-22(27)13-11-21/h2-14,23H,16-17H2,1H3. The topological polar surface area (TPSA) is 79.2 Å². The number of aromatic nitrogens is 3. The Kier molecular flexibility index (Phi) is 5.74. The lowest BCUT2D eigenvalue weighted by atomic mass is 9.91. The first kappa shape index (κ1) is 21.7. The first-order chi connectivity index (χ1) is 16.5. The molecule has 5 rings (SSSR count). The third-order valence-corrected chi connectivity index (χ3v) is 6.15. The van der Waals surface area contributed by atoms with Gasteiger partial charge in [0, 0.05) is 18.0 Å². The molecule has 0 spiro atoms. The molecule has 0 radical (unpaired) electrons. The fourth-order valence-electron chi connectivity index (χ4n) is 4.17. The molecule has 8 heteroatoms. The second kappa shape index (κ2) is 9.00. The van der Waals surface area contributed by atoms with Crippen LogP contribution in [0.15, 0.2) is 88.8 Å². The van der Waals surface area contributed by atoms with E-state index in [1.807, 2.05) is 48.5 Å². The fraction of sp³-hybridized carbons (Fsp3) is 0.154. The van der Waals surface area contributed by atoms with Crippen molar-refractivity contribution >= 4 is 23.3 Å². The van der Waals surface area contributed by atoms with Gasteiger partial charge in [-0.05, 0) is 41.0 Å². The summed E-state index contributed by atoms with van der Waals surface area (Å²) in [4.78, 5) is 13.0. The van der Waals surface area contributed by atoms with Crippen molar-refractivity contribution in [1.29, 1.82) is 5.26 Å². The average molecular weight is 469 g/mol. The van der Waals surface area contributed by atoms with Crippen LogP contribution < -0.4 is 10.7 Å². The molecule has 34 heavy (non-hydrogen) atoms. The van der Waals surface area contributed by atoms with E-state index >= 15 is 0 Å². The maximum Gasteiger partial charge on any atom is 0.347 e. The summed E-state index contributed by atoms with van der Waals surface area (Å²) in [6, 6.07) is 27.1. The Balaban J connectivity index is 1.52. The maximum absolute atomic E-state index is 13.0. The predicted molar refractivity (Wildman–Crippen MR) is 132 cm³/mol. The Morgan fingerprint density at radius 3 is 2.56 bits per heavy atom. The molecule has 1 aromatic heterocycles. The number of halogens is 1. The van der Waals surface area contributed by atoms with Crippen molar-refractivity contribution in [3.63, 3.8) is 0 Å². The molecule has 1 unspecified atom stereocenters. The average Bonchev–Trinajstić information content (AvgIpc) is 3.42. The number of benzene rings is 3. The van der Waals surface area contributed by atoms with Crippen LogP contribution in [0.25, 0.3) is 0 Å². The van der Waals surface area contributed by atoms with Crippen molar-refractivity contribution in [2.24, 2.45) is 12.1 Å². The summed E-state index contributed by atoms with van der Waals surface area (Å²) in [5.41, 5.74) is 4.13. The molecule has 168 valence electrons. The number of nitrogens with zero attached hydrogens (tertiary/aromatic N) is 6. The van der Waals surface area contributed by atoms with Crippen LogP contribution in [0.3, 0.4) is 0 Å². The summed E-state index contributed by atoms with van der Waals surface area (Å²) in [6.07, 6.45) is 0. The minimum Gasteiger partial charge on any atom is -0.263 e. The van der Waals surface area contributed by atoms with Crippen molar-refractivity contribution in [1.82, 2.24) is 14.3 Å². The summed E-state index contributed by atoms with van der Waals surface area (Å²) in [5.74, 6) is 0.473. The van der Waals surface area contributed by atoms with Gasteiger partial charge in [0.1, 0.15) is 0 Å². The first-order valence-corrected chi connectivity index (χ1v) is 11.2. The normalized spacial score (nSPS) is 15.3. The molecular formula is C26H21ClN6O. The number of anilines is 1. The number of hydrogen-bond donors (Lipinski definition) is 0. The smallest absolute Gasteiger partial charge is 0.263 e. The van der Waals surface area contributed by atoms with E-state index in [1.165, 1.54) is 9.25 Å². The minimum atomic E-state index is -0.247. The molecule has 1 aliphatic rings. The van der Waals surface area contributed by atoms with Crippen LogP contribution in [0.4, 0.5) is 5.95 Å². The van der Waals surface area contributed by atoms with Crippen LogP contribution in [0.2, 0.25) is 5.02 Å². The highest BCUT2D eigenvalue weighted by Gasteiger charge is 2.32. The summed E-state index contributed by atoms with van der Waals surface area (Å²) >= 11 is 6.10. The zero-order valence-corrected chi connectivity index (χ0v) is 19.2. The van der Waals surface area contributed by atoms with Gasteiger partial charge < -0.3 is 0 Å². The molecular weight excluding hydrogens is 448 g/mol. The van der Waals surface area contributed by atoms with Crippen LogP contribution >= 0.6 is 11.6 Å². The van der Waals surface area contributed by atoms with Crippen molar-refractivity contribution in [3.8, 4) is 6.07 Å². The Hall–Kier alpha value is -4.15. The van der Waals surface area contributed by atoms with E-state index in [4.69, 9.17) is 22.0 Å². The van der Waals surface area contributed by atoms with E-state index in [-0.39, 0.29) is 18.2 Å². The third kappa shape index (κ3) is 4.12. The van der Waals surface area contributed by atoms with Crippen molar-refractivity contribution < 1.29 is 0 Å². The highest BCUT2D eigenvalue weighted by atomic mass is 35.5. The van der Waals surface area contributed by atoms with Gasteiger partial charge in [-0.2, -0.15) is 10.4 Å². The molecule has 1 atom stereocenters. The number of hydrazone groups is 1. The molecule has 0 amide bonds. The lowest BCUT2D eigenvalue weighted by Crippen LogP contribution is -2.25. The molecule has 0 saturated heterocycles. The number of nitriles is 1. The highest BCUT2D eigenvalue weighted by molar-refractivity contribution is 6.30. The summed E-state index contributed by atoms with van der Waals surface area (Å²) in [6.45, 7) is 0.822. The maximum atomic E-state index is 13.0. The lowest BCUT2D eigenvalue weighted by molar-refractivity contribution is 0.645. The molecule has 1 aliphatic heterocycles. The van der Waals surface area contributed by atoms with Crippen LogP contribution in [0.5, 0.6) is 0 Å². The second-order valence-electron chi connectivity index (χ2n) is 8.15. The zero-order valence-electron chi connectivity index (χ0n) is 18.5. The fourth-order valence-corrected chi connectivity index (χ4v) is 4.30. The number of rotatable bonds is 5. The molecule has 4 aromatic rings. The van der Waals surface area contributed by atoms with Crippen LogP contribution in [0.1, 0.15) is 28.2 Å². The van der Waals surface area contributed by atoms with E-state index in [1.54, 1.807) is 30.3 Å². The quantitative estimate of drug-likeness (QED) is 0.440. The Bertz CT molecular complexity index is 1460. The number of hydrogen-bond acceptors (Lipinski definition) is 5. The van der Waals surface area contributed by atoms with Gasteiger partial charge in [0.05, 0.1) is 30.4 Å². The van der Waals surface area contributed by atoms with Crippen LogP contribution in [-0.4, -0.2) is 26.6 Å². The largest absolute Gasteiger partial charge is 0.347 e. The second-order valence-corrected chi connectivity index (χ2v) is 8.59. The highest BCUT2D eigenvalue weighted by Crippen LogP contribution is 2.31. The summed E-state index contributed by atoms with van der Waals surface area (Å²) < 4.78 is 2.91. The zero-order chi connectivity index (χ0) is 23.7. The van der Waals surface area contributed by atoms with Gasteiger partial charge in [-0.1, -0.05) is 66.2 Å². The van der Waals surface area contributed by atoms with E-state index < -0.39 is 0 Å². The molecule has 0 fully saturated rings. The molecule has 0 N–H and O–H groups in total. The van der Waals surface area contributed by atoms with Gasteiger partial charge in [-0.15, -0.1) is 5.10 Å². The van der Waals surface area contributed by atoms with Crippen LogP contribution in [0, 0.1) is 11.3 Å². The van der Waals surface area contributed by atoms with E-state index in [9.17, 15) is 4.79 Å². The van der Waals surface area contributed by atoms with Gasteiger partial charge in [-0.3, -0.25) is 4.57 Å².